The number of alkyl halides is 2. The van der Waals surface area contributed by atoms with E-state index in [4.69, 9.17) is 4.74 Å². The van der Waals surface area contributed by atoms with Gasteiger partial charge in [0.15, 0.2) is 11.6 Å². The average molecular weight is 501 g/mol. The molecule has 8 nitrogen and oxygen atoms in total. The molecule has 1 saturated heterocycles. The van der Waals surface area contributed by atoms with E-state index in [0.717, 1.165) is 22.9 Å². The fraction of sp³-hybridized carbons (Fsp3) is 0.400. The second-order valence-electron chi connectivity index (χ2n) is 9.20. The van der Waals surface area contributed by atoms with Crippen molar-refractivity contribution in [3.8, 4) is 5.75 Å². The van der Waals surface area contributed by atoms with Crippen molar-refractivity contribution in [2.24, 2.45) is 0 Å². The molecular weight excluding hydrogens is 473 g/mol. The van der Waals surface area contributed by atoms with Gasteiger partial charge in [-0.1, -0.05) is 6.07 Å². The Bertz CT molecular complexity index is 1290. The lowest BCUT2D eigenvalue weighted by Gasteiger charge is -2.39. The summed E-state index contributed by atoms with van der Waals surface area (Å²) in [6.07, 6.45) is 5.19. The monoisotopic (exact) mass is 500 g/mol. The van der Waals surface area contributed by atoms with E-state index in [1.807, 2.05) is 22.9 Å². The van der Waals surface area contributed by atoms with Gasteiger partial charge in [-0.25, -0.2) is 18.2 Å². The summed E-state index contributed by atoms with van der Waals surface area (Å²) < 4.78 is 47.7. The van der Waals surface area contributed by atoms with Gasteiger partial charge < -0.3 is 19.5 Å². The van der Waals surface area contributed by atoms with Crippen LogP contribution in [-0.4, -0.2) is 70.0 Å². The van der Waals surface area contributed by atoms with Crippen molar-refractivity contribution in [2.45, 2.75) is 32.0 Å². The summed E-state index contributed by atoms with van der Waals surface area (Å²) >= 11 is 0. The van der Waals surface area contributed by atoms with Gasteiger partial charge in [0.2, 0.25) is 5.95 Å². The van der Waals surface area contributed by atoms with Crippen molar-refractivity contribution in [2.75, 3.05) is 39.1 Å². The van der Waals surface area contributed by atoms with Gasteiger partial charge in [-0.2, -0.15) is 0 Å². The van der Waals surface area contributed by atoms with Crippen LogP contribution in [0.1, 0.15) is 32.7 Å². The van der Waals surface area contributed by atoms with Gasteiger partial charge in [0.25, 0.3) is 11.8 Å². The zero-order valence-electron chi connectivity index (χ0n) is 20.1. The molecule has 2 aromatic heterocycles. The van der Waals surface area contributed by atoms with E-state index in [0.29, 0.717) is 43.3 Å². The number of ether oxygens (including phenoxy) is 1. The minimum atomic E-state index is -2.66. The van der Waals surface area contributed by atoms with E-state index in [9.17, 15) is 18.0 Å². The van der Waals surface area contributed by atoms with E-state index in [1.54, 1.807) is 23.0 Å². The molecule has 1 N–H and O–H groups in total. The third-order valence-electron chi connectivity index (χ3n) is 6.60. The van der Waals surface area contributed by atoms with Crippen LogP contribution in [0.5, 0.6) is 5.75 Å². The second-order valence-corrected chi connectivity index (χ2v) is 9.20. The van der Waals surface area contributed by atoms with Crippen LogP contribution in [0, 0.1) is 5.82 Å². The molecule has 5 rings (SSSR count). The second kappa shape index (κ2) is 9.45. The summed E-state index contributed by atoms with van der Waals surface area (Å²) in [5.41, 5.74) is 3.72. The number of fused-ring (bicyclic) bond motifs is 1. The number of rotatable bonds is 8. The number of aromatic nitrogens is 3. The number of methoxy groups -OCH3 is 1. The summed E-state index contributed by atoms with van der Waals surface area (Å²) in [6, 6.07) is 5.36. The molecule has 0 atom stereocenters. The van der Waals surface area contributed by atoms with E-state index in [1.165, 1.54) is 13.2 Å². The Labute approximate surface area is 206 Å². The number of hydrogen-bond donors (Lipinski definition) is 1. The summed E-state index contributed by atoms with van der Waals surface area (Å²) in [5, 5.41) is 3.03. The molecule has 3 aromatic rings. The summed E-state index contributed by atoms with van der Waals surface area (Å²) in [4.78, 5) is 25.3. The number of carbonyl (C=O) groups is 1. The first-order valence-corrected chi connectivity index (χ1v) is 11.7. The van der Waals surface area contributed by atoms with Crippen molar-refractivity contribution in [1.29, 1.82) is 0 Å². The quantitative estimate of drug-likeness (QED) is 0.512. The van der Waals surface area contributed by atoms with Crippen LogP contribution in [0.25, 0.3) is 0 Å². The number of imidazole rings is 1. The zero-order valence-corrected chi connectivity index (χ0v) is 20.1. The van der Waals surface area contributed by atoms with Gasteiger partial charge in [0, 0.05) is 44.2 Å². The lowest BCUT2D eigenvalue weighted by Crippen LogP contribution is -2.55. The maximum absolute atomic E-state index is 13.8. The number of carbonyl (C=O) groups excluding carboxylic acids is 1. The zero-order chi connectivity index (χ0) is 25.4. The predicted molar refractivity (Wildman–Crippen MR) is 127 cm³/mol. The third-order valence-corrected chi connectivity index (χ3v) is 6.60. The number of pyridine rings is 1. The van der Waals surface area contributed by atoms with Crippen molar-refractivity contribution in [3.63, 3.8) is 0 Å². The molecule has 190 valence electrons. The predicted octanol–water partition coefficient (Wildman–Crippen LogP) is 3.17. The molecule has 0 saturated carbocycles. The van der Waals surface area contributed by atoms with E-state index < -0.39 is 11.7 Å². The highest BCUT2D eigenvalue weighted by Gasteiger charge is 2.44. The van der Waals surface area contributed by atoms with E-state index in [2.05, 4.69) is 15.3 Å². The first kappa shape index (κ1) is 24.1. The van der Waals surface area contributed by atoms with Crippen LogP contribution in [0.2, 0.25) is 0 Å². The fourth-order valence-electron chi connectivity index (χ4n) is 4.91. The molecule has 36 heavy (non-hydrogen) atoms. The molecule has 2 aliphatic rings. The Kier molecular flexibility index (Phi) is 6.33. The van der Waals surface area contributed by atoms with Crippen molar-refractivity contribution < 1.29 is 22.7 Å². The lowest BCUT2D eigenvalue weighted by molar-refractivity contribution is -0.134. The molecule has 11 heteroatoms. The topological polar surface area (TPSA) is 75.5 Å². The molecule has 0 radical (unpaired) electrons. The normalized spacial score (nSPS) is 17.0. The molecule has 2 aliphatic heterocycles. The van der Waals surface area contributed by atoms with Gasteiger partial charge in [-0.05, 0) is 29.2 Å². The molecule has 1 fully saturated rings. The first-order valence-electron chi connectivity index (χ1n) is 11.7. The lowest BCUT2D eigenvalue weighted by atomic mass is 9.90. The fourth-order valence-corrected chi connectivity index (χ4v) is 4.91. The number of nitrogens with zero attached hydrogens (tertiary/aromatic N) is 5. The van der Waals surface area contributed by atoms with E-state index in [-0.39, 0.29) is 31.3 Å². The Morgan fingerprint density at radius 3 is 2.67 bits per heavy atom. The molecule has 0 spiro atoms. The van der Waals surface area contributed by atoms with Crippen LogP contribution >= 0.6 is 0 Å². The SMILES string of the molecule is CNc1nccn1Cc1cc(CN2CC(F)(F)C2)c2c(c1)C(=O)N(Cc1cc(OC)c(F)cn1)CC2. The van der Waals surface area contributed by atoms with Crippen molar-refractivity contribution in [3.05, 3.63) is 70.6 Å². The standard InChI is InChI=1S/C25H27F3N6O2/c1-29-24-30-4-6-34(24)11-16-7-17(12-32-14-25(27,28)15-32)19-3-5-33(23(35)20(19)8-16)13-18-9-22(36-2)21(26)10-31-18/h4,6-10H,3,5,11-15H2,1-2H3,(H,29,30). The van der Waals surface area contributed by atoms with E-state index >= 15 is 0 Å². The largest absolute Gasteiger partial charge is 0.494 e. The maximum Gasteiger partial charge on any atom is 0.272 e. The Balaban J connectivity index is 1.44. The van der Waals surface area contributed by atoms with Crippen LogP contribution in [0.4, 0.5) is 19.1 Å². The van der Waals surface area contributed by atoms with Crippen molar-refractivity contribution in [1.82, 2.24) is 24.3 Å². The Morgan fingerprint density at radius 2 is 1.94 bits per heavy atom. The van der Waals surface area contributed by atoms with Gasteiger partial charge >= 0.3 is 0 Å². The first-order chi connectivity index (χ1) is 17.3. The number of likely N-dealkylation sites (tertiary alicyclic amines) is 1. The number of anilines is 1. The highest BCUT2D eigenvalue weighted by atomic mass is 19.3. The van der Waals surface area contributed by atoms with Crippen LogP contribution in [0.15, 0.2) is 36.8 Å². The van der Waals surface area contributed by atoms with Gasteiger partial charge in [-0.3, -0.25) is 14.7 Å². The molecule has 0 aliphatic carbocycles. The van der Waals surface area contributed by atoms with Gasteiger partial charge in [0.1, 0.15) is 0 Å². The molecule has 0 bridgehead atoms. The maximum atomic E-state index is 13.8. The Hall–Kier alpha value is -3.60. The minimum absolute atomic E-state index is 0.0708. The smallest absolute Gasteiger partial charge is 0.272 e. The number of benzene rings is 1. The van der Waals surface area contributed by atoms with Gasteiger partial charge in [0.05, 0.1) is 45.2 Å². The molecular formula is C25H27F3N6O2. The number of nitrogens with one attached hydrogen (secondary N) is 1. The van der Waals surface area contributed by atoms with Gasteiger partial charge in [-0.15, -0.1) is 0 Å². The summed E-state index contributed by atoms with van der Waals surface area (Å²) in [5.74, 6) is -2.64. The Morgan fingerprint density at radius 1 is 1.14 bits per heavy atom. The molecule has 1 aromatic carbocycles. The van der Waals surface area contributed by atoms with Crippen molar-refractivity contribution >= 4 is 11.9 Å². The minimum Gasteiger partial charge on any atom is -0.494 e. The average Bonchev–Trinajstić information content (AvgIpc) is 3.28. The van der Waals surface area contributed by atoms with Crippen LogP contribution in [0.3, 0.4) is 0 Å². The highest BCUT2D eigenvalue weighted by molar-refractivity contribution is 5.97. The molecule has 0 unspecified atom stereocenters. The van der Waals surface area contributed by atoms with Crippen LogP contribution < -0.4 is 10.1 Å². The number of hydrogen-bond acceptors (Lipinski definition) is 6. The molecule has 1 amide bonds. The van der Waals surface area contributed by atoms with Crippen LogP contribution in [-0.2, 0) is 26.1 Å². The summed E-state index contributed by atoms with van der Waals surface area (Å²) in [6.45, 7) is 0.916. The summed E-state index contributed by atoms with van der Waals surface area (Å²) in [7, 11) is 3.16. The number of halogens is 3. The third kappa shape index (κ3) is 4.75. The molecule has 4 heterocycles. The number of amides is 1. The highest BCUT2D eigenvalue weighted by Crippen LogP contribution is 2.32.